The molecule has 2 fully saturated rings. The monoisotopic (exact) mass is 542 g/mol. The zero-order chi connectivity index (χ0) is 26.1. The minimum absolute atomic E-state index is 0.156. The molecular formula is C28H28Cl2N2O5. The van der Waals surface area contributed by atoms with Crippen molar-refractivity contribution in [3.63, 3.8) is 0 Å². The summed E-state index contributed by atoms with van der Waals surface area (Å²) < 4.78 is 16.5. The van der Waals surface area contributed by atoms with Crippen LogP contribution in [-0.2, 0) is 9.47 Å². The third-order valence-corrected chi connectivity index (χ3v) is 7.73. The minimum atomic E-state index is -0.454. The number of anilines is 1. The Labute approximate surface area is 225 Å². The van der Waals surface area contributed by atoms with Gasteiger partial charge in [0.05, 0.1) is 22.7 Å². The van der Waals surface area contributed by atoms with Crippen molar-refractivity contribution in [1.29, 1.82) is 0 Å². The quantitative estimate of drug-likeness (QED) is 0.299. The van der Waals surface area contributed by atoms with E-state index in [0.29, 0.717) is 51.0 Å². The van der Waals surface area contributed by atoms with Gasteiger partial charge in [-0.3, -0.25) is 0 Å². The number of hydrogen-bond acceptors (Lipinski definition) is 7. The Kier molecular flexibility index (Phi) is 7.45. The molecule has 2 aromatic carbocycles. The topological polar surface area (TPSA) is 81.9 Å². The van der Waals surface area contributed by atoms with E-state index >= 15 is 0 Å². The number of nitrogens with zero attached hydrogens (tertiary/aromatic N) is 2. The van der Waals surface area contributed by atoms with E-state index in [1.54, 1.807) is 30.3 Å². The van der Waals surface area contributed by atoms with Crippen LogP contribution in [0.5, 0.6) is 0 Å². The lowest BCUT2D eigenvalue weighted by Gasteiger charge is -2.40. The van der Waals surface area contributed by atoms with Gasteiger partial charge in [0.15, 0.2) is 5.76 Å². The summed E-state index contributed by atoms with van der Waals surface area (Å²) in [6.45, 7) is 2.84. The molecule has 2 aliphatic rings. The van der Waals surface area contributed by atoms with Crippen LogP contribution in [0.3, 0.4) is 0 Å². The van der Waals surface area contributed by atoms with Gasteiger partial charge < -0.3 is 18.9 Å². The zero-order valence-electron chi connectivity index (χ0n) is 20.7. The first-order valence-corrected chi connectivity index (χ1v) is 13.3. The molecule has 1 saturated heterocycles. The van der Waals surface area contributed by atoms with E-state index in [-0.39, 0.29) is 24.0 Å². The first-order chi connectivity index (χ1) is 17.9. The molecule has 1 aliphatic heterocycles. The Morgan fingerprint density at radius 2 is 1.76 bits per heavy atom. The molecule has 2 heterocycles. The maximum absolute atomic E-state index is 13.6. The molecule has 194 valence electrons. The van der Waals surface area contributed by atoms with E-state index in [1.165, 1.54) is 7.11 Å². The largest absolute Gasteiger partial charge is 0.465 e. The van der Waals surface area contributed by atoms with Gasteiger partial charge in [0.25, 0.3) is 0 Å². The summed E-state index contributed by atoms with van der Waals surface area (Å²) in [7, 11) is 1.37. The summed E-state index contributed by atoms with van der Waals surface area (Å²) in [5.74, 6) is -0.111. The van der Waals surface area contributed by atoms with Crippen LogP contribution in [0.1, 0.15) is 71.4 Å². The second kappa shape index (κ2) is 10.8. The van der Waals surface area contributed by atoms with Crippen molar-refractivity contribution in [3.05, 3.63) is 69.4 Å². The predicted molar refractivity (Wildman–Crippen MR) is 142 cm³/mol. The van der Waals surface area contributed by atoms with E-state index in [0.717, 1.165) is 31.5 Å². The van der Waals surface area contributed by atoms with Crippen molar-refractivity contribution in [1.82, 2.24) is 5.16 Å². The van der Waals surface area contributed by atoms with Crippen LogP contribution in [0.4, 0.5) is 5.69 Å². The van der Waals surface area contributed by atoms with Crippen molar-refractivity contribution >= 4 is 40.8 Å². The lowest BCUT2D eigenvalue weighted by Crippen LogP contribution is -2.45. The molecule has 1 aromatic heterocycles. The third kappa shape index (κ3) is 5.20. The second-order valence-electron chi connectivity index (χ2n) is 9.49. The van der Waals surface area contributed by atoms with Crippen LogP contribution in [-0.4, -0.2) is 42.9 Å². The van der Waals surface area contributed by atoms with E-state index < -0.39 is 5.97 Å². The molecule has 0 N–H and O–H groups in total. The van der Waals surface area contributed by atoms with Gasteiger partial charge in [-0.05, 0) is 55.7 Å². The Bertz CT molecular complexity index is 1280. The summed E-state index contributed by atoms with van der Waals surface area (Å²) in [6, 6.07) is 12.7. The van der Waals surface area contributed by atoms with Crippen LogP contribution in [0.2, 0.25) is 10.0 Å². The highest BCUT2D eigenvalue weighted by atomic mass is 35.5. The van der Waals surface area contributed by atoms with Crippen LogP contribution in [0, 0.1) is 0 Å². The highest BCUT2D eigenvalue weighted by molar-refractivity contribution is 6.39. The van der Waals surface area contributed by atoms with E-state index in [9.17, 15) is 9.59 Å². The van der Waals surface area contributed by atoms with Crippen molar-refractivity contribution in [2.75, 3.05) is 18.6 Å². The van der Waals surface area contributed by atoms with Crippen LogP contribution in [0.15, 0.2) is 47.0 Å². The molecule has 3 aromatic rings. The Morgan fingerprint density at radius 1 is 1.05 bits per heavy atom. The van der Waals surface area contributed by atoms with Gasteiger partial charge >= 0.3 is 11.9 Å². The summed E-state index contributed by atoms with van der Waals surface area (Å²) in [4.78, 5) is 27.6. The van der Waals surface area contributed by atoms with Gasteiger partial charge in [-0.25, -0.2) is 9.59 Å². The number of piperidine rings is 1. The average molecular weight is 543 g/mol. The number of esters is 2. The van der Waals surface area contributed by atoms with E-state index in [1.807, 2.05) is 12.1 Å². The first-order valence-electron chi connectivity index (χ1n) is 12.5. The average Bonchev–Trinajstić information content (AvgIpc) is 3.67. The Morgan fingerprint density at radius 3 is 2.38 bits per heavy atom. The highest BCUT2D eigenvalue weighted by Crippen LogP contribution is 2.46. The molecule has 7 nitrogen and oxygen atoms in total. The van der Waals surface area contributed by atoms with Crippen LogP contribution >= 0.6 is 23.2 Å². The Balaban J connectivity index is 1.34. The van der Waals surface area contributed by atoms with Gasteiger partial charge in [-0.1, -0.05) is 41.3 Å². The standard InChI is InChI=1S/C28H28Cl2N2O5/c1-3-18-15-20(13-14-32(18)19-11-9-17(10-12-19)27(33)35-2)36-28(34)24-25(31-37-26(24)16-7-8-16)23-21(29)5-4-6-22(23)30/h4-6,9-12,16,18,20H,3,7-8,13-15H2,1-2H3/t18-,20-/m1/s1. The molecule has 9 heteroatoms. The molecule has 37 heavy (non-hydrogen) atoms. The lowest BCUT2D eigenvalue weighted by atomic mass is 9.96. The normalized spacial score (nSPS) is 19.5. The molecule has 1 aliphatic carbocycles. The number of halogens is 2. The molecule has 0 amide bonds. The predicted octanol–water partition coefficient (Wildman–Crippen LogP) is 6.92. The number of rotatable bonds is 7. The molecule has 1 saturated carbocycles. The van der Waals surface area contributed by atoms with Crippen molar-refractivity contribution < 1.29 is 23.6 Å². The molecule has 2 atom stereocenters. The van der Waals surface area contributed by atoms with Gasteiger partial charge in [-0.15, -0.1) is 0 Å². The number of benzene rings is 2. The number of aromatic nitrogens is 1. The van der Waals surface area contributed by atoms with Gasteiger partial charge in [-0.2, -0.15) is 0 Å². The molecule has 0 radical (unpaired) electrons. The van der Waals surface area contributed by atoms with Gasteiger partial charge in [0.2, 0.25) is 0 Å². The Hall–Kier alpha value is -3.03. The number of carbonyl (C=O) groups is 2. The fourth-order valence-electron chi connectivity index (χ4n) is 4.98. The molecule has 0 bridgehead atoms. The number of carbonyl (C=O) groups excluding carboxylic acids is 2. The minimum Gasteiger partial charge on any atom is -0.465 e. The van der Waals surface area contributed by atoms with Crippen LogP contribution in [0.25, 0.3) is 11.3 Å². The summed E-state index contributed by atoms with van der Waals surface area (Å²) >= 11 is 12.9. The molecule has 0 spiro atoms. The zero-order valence-corrected chi connectivity index (χ0v) is 22.2. The van der Waals surface area contributed by atoms with E-state index in [4.69, 9.17) is 37.2 Å². The SMILES string of the molecule is CC[C@@H]1C[C@H](OC(=O)c2c(-c3c(Cl)cccc3Cl)noc2C2CC2)CCN1c1ccc(C(=O)OC)cc1. The summed E-state index contributed by atoms with van der Waals surface area (Å²) in [5.41, 5.74) is 2.67. The second-order valence-corrected chi connectivity index (χ2v) is 10.3. The number of hydrogen-bond donors (Lipinski definition) is 0. The molecular weight excluding hydrogens is 515 g/mol. The van der Waals surface area contributed by atoms with Gasteiger partial charge in [0.1, 0.15) is 17.4 Å². The van der Waals surface area contributed by atoms with Crippen LogP contribution < -0.4 is 4.90 Å². The van der Waals surface area contributed by atoms with Crippen molar-refractivity contribution in [3.8, 4) is 11.3 Å². The number of ether oxygens (including phenoxy) is 2. The van der Waals surface area contributed by atoms with Crippen molar-refractivity contribution in [2.24, 2.45) is 0 Å². The first kappa shape index (κ1) is 25.6. The van der Waals surface area contributed by atoms with Gasteiger partial charge in [0, 0.05) is 42.6 Å². The summed E-state index contributed by atoms with van der Waals surface area (Å²) in [5, 5.41) is 5.00. The number of methoxy groups -OCH3 is 1. The smallest absolute Gasteiger partial charge is 0.344 e. The maximum Gasteiger partial charge on any atom is 0.344 e. The fraction of sp³-hybridized carbons (Fsp3) is 0.393. The third-order valence-electron chi connectivity index (χ3n) is 7.10. The van der Waals surface area contributed by atoms with Crippen molar-refractivity contribution in [2.45, 2.75) is 57.1 Å². The molecule has 5 rings (SSSR count). The molecule has 0 unspecified atom stereocenters. The summed E-state index contributed by atoms with van der Waals surface area (Å²) in [6.07, 6.45) is 3.88. The highest BCUT2D eigenvalue weighted by Gasteiger charge is 2.38. The fourth-order valence-corrected chi connectivity index (χ4v) is 5.56. The maximum atomic E-state index is 13.6. The van der Waals surface area contributed by atoms with E-state index in [2.05, 4.69) is 17.0 Å². The lowest BCUT2D eigenvalue weighted by molar-refractivity contribution is 0.0206.